The van der Waals surface area contributed by atoms with Crippen molar-refractivity contribution in [1.29, 1.82) is 0 Å². The lowest BCUT2D eigenvalue weighted by Gasteiger charge is -2.24. The van der Waals surface area contributed by atoms with Gasteiger partial charge >= 0.3 is 19.8 Å². The van der Waals surface area contributed by atoms with Crippen molar-refractivity contribution < 1.29 is 42.1 Å². The molecule has 0 spiro atoms. The lowest BCUT2D eigenvalue weighted by Crippen LogP contribution is -2.37. The van der Waals surface area contributed by atoms with Crippen molar-refractivity contribution in [2.75, 3.05) is 47.5 Å². The number of phosphoric acid groups is 1. The van der Waals surface area contributed by atoms with Crippen molar-refractivity contribution >= 4 is 19.8 Å². The number of carbonyl (C=O) groups excluding carboxylic acids is 2. The molecule has 0 rings (SSSR count). The standard InChI is InChI=1S/C50H90NO8P/c1-6-8-10-12-14-16-18-20-21-22-23-24-25-26-27-28-29-31-33-35-37-39-41-43-50(53)59-48(47-58-60(54,55)57-45-44-51(3,4)5)46-56-49(52)42-40-38-36-34-32-30-19-17-15-13-11-9-7-2/h8,10,14,16-17,19-21,23-24,48H,6-7,9,11-13,15,18,22,25-47H2,1-5H3/p+1/b10-8-,16-14-,19-17-,21-20-,24-23-. The normalized spacial score (nSPS) is 14.0. The second-order valence-corrected chi connectivity index (χ2v) is 18.6. The average molecular weight is 865 g/mol. The van der Waals surface area contributed by atoms with Gasteiger partial charge in [-0.2, -0.15) is 0 Å². The van der Waals surface area contributed by atoms with Gasteiger partial charge in [0.25, 0.3) is 0 Å². The van der Waals surface area contributed by atoms with Gasteiger partial charge in [-0.15, -0.1) is 0 Å². The minimum Gasteiger partial charge on any atom is -0.462 e. The van der Waals surface area contributed by atoms with Gasteiger partial charge in [0.1, 0.15) is 19.8 Å². The molecule has 0 aromatic heterocycles. The van der Waals surface area contributed by atoms with Crippen molar-refractivity contribution in [2.45, 2.75) is 200 Å². The van der Waals surface area contributed by atoms with Crippen LogP contribution >= 0.6 is 7.82 Å². The van der Waals surface area contributed by atoms with Crippen LogP contribution in [0, 0.1) is 0 Å². The molecule has 0 bridgehead atoms. The summed E-state index contributed by atoms with van der Waals surface area (Å²) in [5.74, 6) is -0.815. The van der Waals surface area contributed by atoms with Crippen LogP contribution in [0.2, 0.25) is 0 Å². The van der Waals surface area contributed by atoms with Crippen molar-refractivity contribution in [3.63, 3.8) is 0 Å². The Bertz CT molecular complexity index is 1210. The minimum absolute atomic E-state index is 0.0276. The molecule has 0 aromatic rings. The average Bonchev–Trinajstić information content (AvgIpc) is 3.20. The Morgan fingerprint density at radius 1 is 0.533 bits per heavy atom. The van der Waals surface area contributed by atoms with Crippen LogP contribution in [0.15, 0.2) is 60.8 Å². The molecule has 0 saturated heterocycles. The first-order chi connectivity index (χ1) is 29.0. The van der Waals surface area contributed by atoms with Crippen LogP contribution in [0.1, 0.15) is 194 Å². The molecular weight excluding hydrogens is 774 g/mol. The fraction of sp³-hybridized carbons (Fsp3) is 0.760. The SMILES string of the molecule is CC/C=C\C/C=C\C/C=C\C/C=C\CCCCCCCCCCCCC(=O)OC(COC(=O)CCCCCCC/C=C\CCCCCC)COP(=O)(O)OCC[N+](C)(C)C. The number of hydrogen-bond donors (Lipinski definition) is 1. The second-order valence-electron chi connectivity index (χ2n) is 17.1. The molecule has 0 amide bonds. The summed E-state index contributed by atoms with van der Waals surface area (Å²) >= 11 is 0. The van der Waals surface area contributed by atoms with Gasteiger partial charge in [0.05, 0.1) is 27.7 Å². The highest BCUT2D eigenvalue weighted by Gasteiger charge is 2.27. The van der Waals surface area contributed by atoms with Crippen LogP contribution in [0.5, 0.6) is 0 Å². The van der Waals surface area contributed by atoms with Crippen LogP contribution in [0.4, 0.5) is 0 Å². The Morgan fingerprint density at radius 2 is 0.950 bits per heavy atom. The van der Waals surface area contributed by atoms with Gasteiger partial charge in [-0.25, -0.2) is 4.57 Å². The van der Waals surface area contributed by atoms with E-state index in [9.17, 15) is 19.0 Å². The number of nitrogens with zero attached hydrogens (tertiary/aromatic N) is 1. The third kappa shape index (κ3) is 45.2. The Labute approximate surface area is 368 Å². The maximum atomic E-state index is 12.7. The zero-order chi connectivity index (χ0) is 44.3. The summed E-state index contributed by atoms with van der Waals surface area (Å²) in [7, 11) is 1.46. The Morgan fingerprint density at radius 3 is 1.43 bits per heavy atom. The monoisotopic (exact) mass is 865 g/mol. The molecular formula is C50H91NO8P+. The molecule has 0 aliphatic heterocycles. The summed E-state index contributed by atoms with van der Waals surface area (Å²) in [5.41, 5.74) is 0. The van der Waals surface area contributed by atoms with Gasteiger partial charge in [0, 0.05) is 12.8 Å². The topological polar surface area (TPSA) is 108 Å². The molecule has 0 aliphatic rings. The number of quaternary nitrogens is 1. The third-order valence-corrected chi connectivity index (χ3v) is 11.0. The number of carbonyl (C=O) groups is 2. The quantitative estimate of drug-likeness (QED) is 0.0212. The predicted molar refractivity (Wildman–Crippen MR) is 252 cm³/mol. The van der Waals surface area contributed by atoms with E-state index in [-0.39, 0.29) is 32.0 Å². The van der Waals surface area contributed by atoms with Gasteiger partial charge in [0.15, 0.2) is 6.10 Å². The molecule has 10 heteroatoms. The summed E-state index contributed by atoms with van der Waals surface area (Å²) < 4.78 is 34.4. The summed E-state index contributed by atoms with van der Waals surface area (Å²) in [6, 6.07) is 0. The van der Waals surface area contributed by atoms with Gasteiger partial charge in [-0.3, -0.25) is 18.6 Å². The smallest absolute Gasteiger partial charge is 0.462 e. The van der Waals surface area contributed by atoms with Crippen LogP contribution < -0.4 is 0 Å². The number of phosphoric ester groups is 1. The van der Waals surface area contributed by atoms with E-state index in [1.165, 1.54) is 70.6 Å². The molecule has 0 aromatic carbocycles. The highest BCUT2D eigenvalue weighted by molar-refractivity contribution is 7.47. The highest BCUT2D eigenvalue weighted by Crippen LogP contribution is 2.43. The molecule has 0 aliphatic carbocycles. The number of unbranched alkanes of at least 4 members (excludes halogenated alkanes) is 19. The van der Waals surface area contributed by atoms with Crippen LogP contribution in [0.25, 0.3) is 0 Å². The molecule has 348 valence electrons. The van der Waals surface area contributed by atoms with E-state index < -0.39 is 26.5 Å². The number of rotatable bonds is 43. The zero-order valence-corrected chi connectivity index (χ0v) is 40.1. The highest BCUT2D eigenvalue weighted by atomic mass is 31.2. The Balaban J connectivity index is 4.27. The molecule has 1 N–H and O–H groups in total. The summed E-state index contributed by atoms with van der Waals surface area (Å²) in [6.07, 6.45) is 51.2. The first kappa shape index (κ1) is 57.7. The van der Waals surface area contributed by atoms with Gasteiger partial charge in [0.2, 0.25) is 0 Å². The predicted octanol–water partition coefficient (Wildman–Crippen LogP) is 14.0. The second kappa shape index (κ2) is 42.0. The van der Waals surface area contributed by atoms with Gasteiger partial charge in [-0.05, 0) is 77.0 Å². The molecule has 0 fully saturated rings. The molecule has 2 atom stereocenters. The largest absolute Gasteiger partial charge is 0.472 e. The zero-order valence-electron chi connectivity index (χ0n) is 39.2. The third-order valence-electron chi connectivity index (χ3n) is 10.0. The summed E-state index contributed by atoms with van der Waals surface area (Å²) in [4.78, 5) is 35.4. The van der Waals surface area contributed by atoms with Crippen LogP contribution in [-0.2, 0) is 32.7 Å². The van der Waals surface area contributed by atoms with E-state index in [1.807, 2.05) is 21.1 Å². The molecule has 9 nitrogen and oxygen atoms in total. The Hall–Kier alpha value is -2.29. The van der Waals surface area contributed by atoms with E-state index in [4.69, 9.17) is 18.5 Å². The number of allylic oxidation sites excluding steroid dienone is 10. The maximum Gasteiger partial charge on any atom is 0.472 e. The first-order valence-electron chi connectivity index (χ1n) is 24.0. The number of esters is 2. The van der Waals surface area contributed by atoms with Crippen molar-refractivity contribution in [3.05, 3.63) is 60.8 Å². The van der Waals surface area contributed by atoms with E-state index in [0.29, 0.717) is 17.4 Å². The number of ether oxygens (including phenoxy) is 2. The molecule has 0 heterocycles. The van der Waals surface area contributed by atoms with E-state index in [0.717, 1.165) is 89.9 Å². The fourth-order valence-electron chi connectivity index (χ4n) is 6.29. The molecule has 0 saturated carbocycles. The number of likely N-dealkylation sites (N-methyl/N-ethyl adjacent to an activating group) is 1. The first-order valence-corrected chi connectivity index (χ1v) is 25.5. The Kier molecular flexibility index (Phi) is 40.4. The van der Waals surface area contributed by atoms with Crippen molar-refractivity contribution in [1.82, 2.24) is 0 Å². The molecule has 0 radical (unpaired) electrons. The molecule has 2 unspecified atom stereocenters. The lowest BCUT2D eigenvalue weighted by molar-refractivity contribution is -0.870. The van der Waals surface area contributed by atoms with Crippen LogP contribution in [0.3, 0.4) is 0 Å². The summed E-state index contributed by atoms with van der Waals surface area (Å²) in [6.45, 7) is 4.28. The van der Waals surface area contributed by atoms with E-state index in [1.54, 1.807) is 0 Å². The summed E-state index contributed by atoms with van der Waals surface area (Å²) in [5, 5.41) is 0. The van der Waals surface area contributed by atoms with E-state index in [2.05, 4.69) is 74.6 Å². The van der Waals surface area contributed by atoms with E-state index >= 15 is 0 Å². The van der Waals surface area contributed by atoms with Gasteiger partial charge < -0.3 is 18.9 Å². The number of hydrogen-bond acceptors (Lipinski definition) is 7. The molecule has 60 heavy (non-hydrogen) atoms. The van der Waals surface area contributed by atoms with Crippen LogP contribution in [-0.4, -0.2) is 74.9 Å². The van der Waals surface area contributed by atoms with Crippen molar-refractivity contribution in [3.8, 4) is 0 Å². The minimum atomic E-state index is -4.38. The van der Waals surface area contributed by atoms with Gasteiger partial charge in [-0.1, -0.05) is 164 Å². The fourth-order valence-corrected chi connectivity index (χ4v) is 7.04. The lowest BCUT2D eigenvalue weighted by atomic mass is 10.0. The maximum absolute atomic E-state index is 12.7. The van der Waals surface area contributed by atoms with Crippen molar-refractivity contribution in [2.24, 2.45) is 0 Å².